The van der Waals surface area contributed by atoms with Crippen molar-refractivity contribution in [2.45, 2.75) is 6.42 Å². The number of carbonyl (C=O) groups is 1. The van der Waals surface area contributed by atoms with Gasteiger partial charge in [0.2, 0.25) is 0 Å². The maximum atomic E-state index is 13.7. The smallest absolute Gasteiger partial charge is 0.287 e. The fourth-order valence-corrected chi connectivity index (χ4v) is 2.32. The van der Waals surface area contributed by atoms with Gasteiger partial charge in [0.1, 0.15) is 17.4 Å². The van der Waals surface area contributed by atoms with Gasteiger partial charge in [-0.05, 0) is 48.4 Å². The van der Waals surface area contributed by atoms with E-state index in [0.29, 0.717) is 24.3 Å². The van der Waals surface area contributed by atoms with Crippen LogP contribution in [0.15, 0.2) is 65.1 Å². The van der Waals surface area contributed by atoms with Crippen molar-refractivity contribution in [1.82, 2.24) is 5.32 Å². The number of carbonyl (C=O) groups excluding carboxylic acids is 1. The molecule has 1 N–H and O–H groups in total. The molecule has 1 heterocycles. The Labute approximate surface area is 137 Å². The number of furan rings is 1. The lowest BCUT2D eigenvalue weighted by atomic mass is 10.1. The summed E-state index contributed by atoms with van der Waals surface area (Å²) in [7, 11) is 0. The minimum atomic E-state index is -0.407. The fraction of sp³-hybridized carbons (Fsp3) is 0.105. The molecule has 3 nitrogen and oxygen atoms in total. The molecule has 0 radical (unpaired) electrons. The van der Waals surface area contributed by atoms with Crippen molar-refractivity contribution in [3.63, 3.8) is 0 Å². The Balaban J connectivity index is 1.60. The molecule has 1 aromatic heterocycles. The number of hydrogen-bond acceptors (Lipinski definition) is 2. The van der Waals surface area contributed by atoms with E-state index in [1.165, 1.54) is 24.3 Å². The Morgan fingerprint density at radius 2 is 1.71 bits per heavy atom. The van der Waals surface area contributed by atoms with Gasteiger partial charge in [0.25, 0.3) is 5.91 Å². The first-order valence-corrected chi connectivity index (χ1v) is 7.51. The average molecular weight is 327 g/mol. The van der Waals surface area contributed by atoms with Crippen molar-refractivity contribution in [1.29, 1.82) is 0 Å². The van der Waals surface area contributed by atoms with Gasteiger partial charge < -0.3 is 9.73 Å². The number of rotatable bonds is 5. The molecule has 0 aliphatic heterocycles. The summed E-state index contributed by atoms with van der Waals surface area (Å²) >= 11 is 0. The molecular formula is C19H15F2NO2. The molecule has 0 spiro atoms. The summed E-state index contributed by atoms with van der Waals surface area (Å²) in [5.74, 6) is -0.655. The van der Waals surface area contributed by atoms with Crippen molar-refractivity contribution < 1.29 is 18.0 Å². The van der Waals surface area contributed by atoms with Crippen LogP contribution in [0.5, 0.6) is 0 Å². The van der Waals surface area contributed by atoms with E-state index in [1.807, 2.05) is 0 Å². The second-order valence-corrected chi connectivity index (χ2v) is 5.28. The highest BCUT2D eigenvalue weighted by Gasteiger charge is 2.13. The van der Waals surface area contributed by atoms with Crippen LogP contribution in [0, 0.1) is 11.6 Å². The summed E-state index contributed by atoms with van der Waals surface area (Å²) in [6, 6.07) is 15.4. The Bertz CT molecular complexity index is 841. The summed E-state index contributed by atoms with van der Waals surface area (Å²) in [5, 5.41) is 2.72. The molecule has 0 atom stereocenters. The lowest BCUT2D eigenvalue weighted by Gasteiger charge is -2.04. The summed E-state index contributed by atoms with van der Waals surface area (Å²) in [6.07, 6.45) is 0.576. The van der Waals surface area contributed by atoms with E-state index >= 15 is 0 Å². The minimum Gasteiger partial charge on any atom is -0.451 e. The highest BCUT2D eigenvalue weighted by Crippen LogP contribution is 2.24. The molecule has 24 heavy (non-hydrogen) atoms. The van der Waals surface area contributed by atoms with Crippen LogP contribution in [0.1, 0.15) is 16.1 Å². The first kappa shape index (κ1) is 15.9. The van der Waals surface area contributed by atoms with Gasteiger partial charge in [-0.2, -0.15) is 0 Å². The van der Waals surface area contributed by atoms with Gasteiger partial charge in [-0.3, -0.25) is 4.79 Å². The Morgan fingerprint density at radius 1 is 0.958 bits per heavy atom. The SMILES string of the molecule is O=C(NCCc1ccc(F)cc1)c1ccc(-c2ccccc2F)o1. The summed E-state index contributed by atoms with van der Waals surface area (Å²) in [4.78, 5) is 12.1. The van der Waals surface area contributed by atoms with Crippen LogP contribution in [0.4, 0.5) is 8.78 Å². The predicted molar refractivity (Wildman–Crippen MR) is 86.5 cm³/mol. The minimum absolute atomic E-state index is 0.118. The van der Waals surface area contributed by atoms with E-state index in [2.05, 4.69) is 5.32 Å². The van der Waals surface area contributed by atoms with Crippen LogP contribution in [0.25, 0.3) is 11.3 Å². The highest BCUT2D eigenvalue weighted by molar-refractivity contribution is 5.92. The fourth-order valence-electron chi connectivity index (χ4n) is 2.32. The zero-order valence-corrected chi connectivity index (χ0v) is 12.8. The van der Waals surface area contributed by atoms with Gasteiger partial charge >= 0.3 is 0 Å². The van der Waals surface area contributed by atoms with Crippen LogP contribution in [-0.4, -0.2) is 12.5 Å². The number of halogens is 2. The summed E-state index contributed by atoms with van der Waals surface area (Å²) in [5.41, 5.74) is 1.23. The first-order valence-electron chi connectivity index (χ1n) is 7.51. The van der Waals surface area contributed by atoms with Crippen molar-refractivity contribution in [3.8, 4) is 11.3 Å². The van der Waals surface area contributed by atoms with Crippen LogP contribution < -0.4 is 5.32 Å². The Kier molecular flexibility index (Phi) is 4.70. The highest BCUT2D eigenvalue weighted by atomic mass is 19.1. The Morgan fingerprint density at radius 3 is 2.46 bits per heavy atom. The molecule has 0 fully saturated rings. The van der Waals surface area contributed by atoms with Crippen LogP contribution in [0.2, 0.25) is 0 Å². The molecule has 0 aliphatic rings. The van der Waals surface area contributed by atoms with E-state index in [0.717, 1.165) is 5.56 Å². The maximum Gasteiger partial charge on any atom is 0.287 e. The van der Waals surface area contributed by atoms with Crippen LogP contribution >= 0.6 is 0 Å². The summed E-state index contributed by atoms with van der Waals surface area (Å²) < 4.78 is 32.0. The van der Waals surface area contributed by atoms with E-state index in [4.69, 9.17) is 4.42 Å². The van der Waals surface area contributed by atoms with Gasteiger partial charge in [-0.1, -0.05) is 24.3 Å². The molecule has 3 rings (SSSR count). The predicted octanol–water partition coefficient (Wildman–Crippen LogP) is 4.20. The number of amides is 1. The van der Waals surface area contributed by atoms with E-state index in [-0.39, 0.29) is 17.5 Å². The van der Waals surface area contributed by atoms with Gasteiger partial charge in [0.15, 0.2) is 5.76 Å². The van der Waals surface area contributed by atoms with Gasteiger partial charge in [0, 0.05) is 6.54 Å². The molecule has 0 unspecified atom stereocenters. The zero-order valence-electron chi connectivity index (χ0n) is 12.8. The lowest BCUT2D eigenvalue weighted by molar-refractivity contribution is 0.0927. The average Bonchev–Trinajstić information content (AvgIpc) is 3.07. The zero-order chi connectivity index (χ0) is 16.9. The van der Waals surface area contributed by atoms with Crippen molar-refractivity contribution in [2.75, 3.05) is 6.54 Å². The monoisotopic (exact) mass is 327 g/mol. The lowest BCUT2D eigenvalue weighted by Crippen LogP contribution is -2.25. The molecule has 2 aromatic carbocycles. The van der Waals surface area contributed by atoms with E-state index in [9.17, 15) is 13.6 Å². The standard InChI is InChI=1S/C19H15F2NO2/c20-14-7-5-13(6-8-14)11-12-22-19(23)18-10-9-17(24-18)15-3-1-2-4-16(15)21/h1-10H,11-12H2,(H,22,23). The quantitative estimate of drug-likeness (QED) is 0.763. The summed E-state index contributed by atoms with van der Waals surface area (Å²) in [6.45, 7) is 0.389. The van der Waals surface area contributed by atoms with Gasteiger partial charge in [-0.15, -0.1) is 0 Å². The van der Waals surface area contributed by atoms with Crippen molar-refractivity contribution >= 4 is 5.91 Å². The third-order valence-electron chi connectivity index (χ3n) is 3.58. The molecular weight excluding hydrogens is 312 g/mol. The molecule has 0 saturated heterocycles. The number of benzene rings is 2. The molecule has 3 aromatic rings. The van der Waals surface area contributed by atoms with Crippen molar-refractivity contribution in [3.05, 3.63) is 83.6 Å². The second-order valence-electron chi connectivity index (χ2n) is 5.28. The van der Waals surface area contributed by atoms with E-state index in [1.54, 1.807) is 36.4 Å². The maximum absolute atomic E-state index is 13.7. The van der Waals surface area contributed by atoms with Crippen LogP contribution in [0.3, 0.4) is 0 Å². The topological polar surface area (TPSA) is 42.2 Å². The third-order valence-corrected chi connectivity index (χ3v) is 3.58. The van der Waals surface area contributed by atoms with Gasteiger partial charge in [0.05, 0.1) is 5.56 Å². The molecule has 0 aliphatic carbocycles. The first-order chi connectivity index (χ1) is 11.6. The molecule has 1 amide bonds. The molecule has 5 heteroatoms. The second kappa shape index (κ2) is 7.08. The van der Waals surface area contributed by atoms with E-state index < -0.39 is 5.82 Å². The number of nitrogens with one attached hydrogen (secondary N) is 1. The normalized spacial score (nSPS) is 10.6. The Hall–Kier alpha value is -2.95. The third kappa shape index (κ3) is 3.68. The molecule has 0 saturated carbocycles. The largest absolute Gasteiger partial charge is 0.451 e. The van der Waals surface area contributed by atoms with Crippen molar-refractivity contribution in [2.24, 2.45) is 0 Å². The molecule has 0 bridgehead atoms. The molecule has 122 valence electrons. The number of hydrogen-bond donors (Lipinski definition) is 1. The van der Waals surface area contributed by atoms with Gasteiger partial charge in [-0.25, -0.2) is 8.78 Å². The van der Waals surface area contributed by atoms with Crippen LogP contribution in [-0.2, 0) is 6.42 Å².